The maximum atomic E-state index is 10.8. The Bertz CT molecular complexity index is 355. The zero-order valence-corrected chi connectivity index (χ0v) is 17.6. The van der Waals surface area contributed by atoms with E-state index in [0.29, 0.717) is 0 Å². The number of alkyl halides is 1. The van der Waals surface area contributed by atoms with Gasteiger partial charge in [0.05, 0.1) is 5.54 Å². The standard InChI is InChI=1S/C7H8.C6H13ClN2O.2ClH.Na.H2O.H/c1-7-5-3-2-4-6-7;1-6(2,3)9(8)5(10)4-7;;;;;/h2-6H,1H3;4,8H2,1-3H3;2*1H;;1H2;/q;;;;+1;;-1. The number of rotatable bonds is 1. The molecule has 1 amide bonds. The first-order valence-electron chi connectivity index (χ1n) is 5.44. The van der Waals surface area contributed by atoms with Crippen LogP contribution in [0.1, 0.15) is 27.8 Å². The van der Waals surface area contributed by atoms with Crippen molar-refractivity contribution in [2.45, 2.75) is 33.2 Å². The van der Waals surface area contributed by atoms with Crippen LogP contribution in [0.4, 0.5) is 0 Å². The number of carbonyl (C=O) groups is 1. The Morgan fingerprint density at radius 2 is 1.62 bits per heavy atom. The van der Waals surface area contributed by atoms with Gasteiger partial charge in [-0.2, -0.15) is 0 Å². The Labute approximate surface area is 168 Å². The second kappa shape index (κ2) is 16.8. The summed E-state index contributed by atoms with van der Waals surface area (Å²) in [5.41, 5.74) is 0.980. The Hall–Kier alpha value is 0.480. The van der Waals surface area contributed by atoms with Crippen LogP contribution in [-0.2, 0) is 4.79 Å². The fourth-order valence-electron chi connectivity index (χ4n) is 0.973. The molecule has 0 spiro atoms. The molecule has 0 aliphatic carbocycles. The second-order valence-corrected chi connectivity index (χ2v) is 4.99. The van der Waals surface area contributed by atoms with Crippen LogP contribution in [0.5, 0.6) is 0 Å². The fraction of sp³-hybridized carbons (Fsp3) is 0.462. The average Bonchev–Trinajstić information content (AvgIpc) is 2.27. The molecule has 21 heavy (non-hydrogen) atoms. The van der Waals surface area contributed by atoms with Crippen molar-refractivity contribution in [2.24, 2.45) is 5.84 Å². The van der Waals surface area contributed by atoms with E-state index in [9.17, 15) is 4.79 Å². The zero-order chi connectivity index (χ0) is 13.5. The van der Waals surface area contributed by atoms with Gasteiger partial charge in [-0.15, -0.1) is 36.4 Å². The molecule has 0 aliphatic heterocycles. The molecule has 0 atom stereocenters. The van der Waals surface area contributed by atoms with E-state index in [1.54, 1.807) is 0 Å². The smallest absolute Gasteiger partial charge is 1.00 e. The number of hydrogen-bond acceptors (Lipinski definition) is 2. The van der Waals surface area contributed by atoms with Crippen LogP contribution in [0.2, 0.25) is 0 Å². The zero-order valence-electron chi connectivity index (χ0n) is 14.2. The molecule has 0 aliphatic rings. The van der Waals surface area contributed by atoms with E-state index in [4.69, 9.17) is 17.4 Å². The normalized spacial score (nSPS) is 8.29. The first-order valence-corrected chi connectivity index (χ1v) is 5.98. The molecular formula is C13H26Cl3N2NaO2. The van der Waals surface area contributed by atoms with E-state index in [1.807, 2.05) is 39.0 Å². The number of hydrazine groups is 1. The summed E-state index contributed by atoms with van der Waals surface area (Å²) in [6.07, 6.45) is 0. The van der Waals surface area contributed by atoms with E-state index in [0.717, 1.165) is 5.01 Å². The monoisotopic (exact) mass is 370 g/mol. The number of aryl methyl sites for hydroxylation is 1. The molecule has 122 valence electrons. The summed E-state index contributed by atoms with van der Waals surface area (Å²) in [4.78, 5) is 10.8. The van der Waals surface area contributed by atoms with Crippen LogP contribution in [0.25, 0.3) is 0 Å². The Morgan fingerprint density at radius 3 is 1.76 bits per heavy atom. The predicted octanol–water partition coefficient (Wildman–Crippen LogP) is -0.144. The average molecular weight is 372 g/mol. The molecule has 0 fully saturated rings. The SMILES string of the molecule is CC(C)(C)N(N)C(=O)CCl.Cc1ccccc1.Cl.Cl.O.[H-].[Na+]. The van der Waals surface area contributed by atoms with Gasteiger partial charge >= 0.3 is 29.6 Å². The number of carbonyl (C=O) groups excluding carboxylic acids is 1. The Kier molecular flexibility index (Phi) is 26.6. The van der Waals surface area contributed by atoms with Crippen LogP contribution in [0, 0.1) is 6.92 Å². The van der Waals surface area contributed by atoms with Gasteiger partial charge in [0.25, 0.3) is 5.91 Å². The summed E-state index contributed by atoms with van der Waals surface area (Å²) < 4.78 is 0. The largest absolute Gasteiger partial charge is 1.00 e. The van der Waals surface area contributed by atoms with Crippen molar-refractivity contribution < 1.29 is 41.3 Å². The molecule has 0 aromatic heterocycles. The maximum Gasteiger partial charge on any atom is 1.00 e. The predicted molar refractivity (Wildman–Crippen MR) is 91.9 cm³/mol. The van der Waals surface area contributed by atoms with Crippen molar-refractivity contribution in [3.63, 3.8) is 0 Å². The maximum absolute atomic E-state index is 10.8. The van der Waals surface area contributed by atoms with E-state index in [1.165, 1.54) is 5.56 Å². The van der Waals surface area contributed by atoms with E-state index in [-0.39, 0.29) is 78.6 Å². The summed E-state index contributed by atoms with van der Waals surface area (Å²) in [5, 5.41) is 1.14. The molecule has 0 bridgehead atoms. The van der Waals surface area contributed by atoms with Crippen molar-refractivity contribution >= 4 is 42.3 Å². The number of nitrogens with two attached hydrogens (primary N) is 1. The van der Waals surface area contributed by atoms with Crippen LogP contribution < -0.4 is 35.4 Å². The molecular weight excluding hydrogens is 346 g/mol. The van der Waals surface area contributed by atoms with Gasteiger partial charge in [0.15, 0.2) is 0 Å². The van der Waals surface area contributed by atoms with Gasteiger partial charge in [-0.3, -0.25) is 9.80 Å². The Balaban J connectivity index is -0.0000000487. The summed E-state index contributed by atoms with van der Waals surface area (Å²) in [6, 6.07) is 10.3. The number of benzene rings is 1. The first kappa shape index (κ1) is 33.2. The van der Waals surface area contributed by atoms with Crippen LogP contribution in [-0.4, -0.2) is 27.8 Å². The molecule has 4 N–H and O–H groups in total. The molecule has 0 radical (unpaired) electrons. The van der Waals surface area contributed by atoms with Crippen LogP contribution in [0.3, 0.4) is 0 Å². The summed E-state index contributed by atoms with van der Waals surface area (Å²) >= 11 is 5.28. The minimum absolute atomic E-state index is 0. The van der Waals surface area contributed by atoms with Gasteiger partial charge < -0.3 is 6.90 Å². The van der Waals surface area contributed by atoms with Crippen LogP contribution >= 0.6 is 36.4 Å². The van der Waals surface area contributed by atoms with E-state index >= 15 is 0 Å². The summed E-state index contributed by atoms with van der Waals surface area (Å²) in [6.45, 7) is 7.62. The molecule has 1 aromatic carbocycles. The number of amides is 1. The molecule has 0 saturated heterocycles. The number of nitrogens with zero attached hydrogens (tertiary/aromatic N) is 1. The van der Waals surface area contributed by atoms with Gasteiger partial charge in [-0.25, -0.2) is 5.84 Å². The van der Waals surface area contributed by atoms with Gasteiger partial charge in [0.1, 0.15) is 5.88 Å². The topological polar surface area (TPSA) is 77.8 Å². The third kappa shape index (κ3) is 16.7. The van der Waals surface area contributed by atoms with Crippen LogP contribution in [0.15, 0.2) is 30.3 Å². The van der Waals surface area contributed by atoms with Gasteiger partial charge in [0, 0.05) is 0 Å². The van der Waals surface area contributed by atoms with Crippen molar-refractivity contribution in [2.75, 3.05) is 5.88 Å². The molecule has 0 unspecified atom stereocenters. The quantitative estimate of drug-likeness (QED) is 0.245. The third-order valence-corrected chi connectivity index (χ3v) is 2.27. The van der Waals surface area contributed by atoms with E-state index in [2.05, 4.69) is 19.1 Å². The molecule has 1 aromatic rings. The minimum Gasteiger partial charge on any atom is -1.00 e. The van der Waals surface area contributed by atoms with Crippen molar-refractivity contribution in [3.8, 4) is 0 Å². The minimum atomic E-state index is -0.341. The first-order chi connectivity index (χ1) is 7.79. The van der Waals surface area contributed by atoms with Crippen molar-refractivity contribution in [1.82, 2.24) is 5.01 Å². The van der Waals surface area contributed by atoms with E-state index < -0.39 is 0 Å². The fourth-order valence-corrected chi connectivity index (χ4v) is 1.10. The van der Waals surface area contributed by atoms with Gasteiger partial charge in [-0.1, -0.05) is 35.9 Å². The van der Waals surface area contributed by atoms with Gasteiger partial charge in [0.2, 0.25) is 0 Å². The molecule has 4 nitrogen and oxygen atoms in total. The summed E-state index contributed by atoms with van der Waals surface area (Å²) in [5.74, 6) is 5.09. The number of halogens is 3. The third-order valence-electron chi connectivity index (χ3n) is 2.05. The van der Waals surface area contributed by atoms with Gasteiger partial charge in [-0.05, 0) is 27.7 Å². The number of hydrogen-bond donors (Lipinski definition) is 1. The second-order valence-electron chi connectivity index (χ2n) is 4.72. The molecule has 0 heterocycles. The van der Waals surface area contributed by atoms with Crippen molar-refractivity contribution in [1.29, 1.82) is 0 Å². The summed E-state index contributed by atoms with van der Waals surface area (Å²) in [7, 11) is 0. The Morgan fingerprint density at radius 1 is 1.24 bits per heavy atom. The molecule has 1 rings (SSSR count). The molecule has 0 saturated carbocycles. The molecule has 8 heteroatoms. The van der Waals surface area contributed by atoms with Crippen molar-refractivity contribution in [3.05, 3.63) is 35.9 Å².